The molecule has 0 fully saturated rings. The van der Waals surface area contributed by atoms with Crippen molar-refractivity contribution in [2.75, 3.05) is 35.0 Å². The number of hydrogen-bond donors (Lipinski definition) is 1. The maximum Gasteiger partial charge on any atom is 0.203 e. The molecule has 0 aliphatic rings. The van der Waals surface area contributed by atoms with Crippen molar-refractivity contribution in [3.05, 3.63) is 42.1 Å². The fourth-order valence-corrected chi connectivity index (χ4v) is 3.99. The van der Waals surface area contributed by atoms with Crippen molar-refractivity contribution in [1.29, 1.82) is 0 Å². The van der Waals surface area contributed by atoms with Crippen LogP contribution in [0.15, 0.2) is 36.5 Å². The summed E-state index contributed by atoms with van der Waals surface area (Å²) in [6.45, 7) is -0.00985. The van der Waals surface area contributed by atoms with Gasteiger partial charge in [0.25, 0.3) is 0 Å². The summed E-state index contributed by atoms with van der Waals surface area (Å²) in [6.07, 6.45) is 2.02. The molecule has 0 amide bonds. The molecule has 2 N–H and O–H groups in total. The Bertz CT molecular complexity index is 1030. The molecular formula is C22H25ClN2O5S. The minimum Gasteiger partial charge on any atom is -0.496 e. The third-order valence-electron chi connectivity index (χ3n) is 4.70. The molecule has 1 heterocycles. The lowest BCUT2D eigenvalue weighted by Crippen LogP contribution is -2.16. The van der Waals surface area contributed by atoms with E-state index in [1.165, 1.54) is 11.5 Å². The fraction of sp³-hybridized carbons (Fsp3) is 0.273. The lowest BCUT2D eigenvalue weighted by molar-refractivity contribution is -0.117. The average molecular weight is 465 g/mol. The minimum atomic E-state index is -0.0567. The molecule has 31 heavy (non-hydrogen) atoms. The van der Waals surface area contributed by atoms with Crippen LogP contribution in [0.1, 0.15) is 5.56 Å². The van der Waals surface area contributed by atoms with Crippen LogP contribution in [-0.4, -0.2) is 45.1 Å². The van der Waals surface area contributed by atoms with Crippen molar-refractivity contribution in [2.45, 2.75) is 6.42 Å². The fourth-order valence-electron chi connectivity index (χ4n) is 3.23. The molecule has 3 aromatic rings. The second-order valence-corrected chi connectivity index (χ2v) is 7.23. The number of halogens is 1. The summed E-state index contributed by atoms with van der Waals surface area (Å²) in [7, 11) is 6.32. The third-order valence-corrected chi connectivity index (χ3v) is 5.55. The molecule has 0 unspecified atom stereocenters. The Balaban J connectivity index is 0.00000341. The van der Waals surface area contributed by atoms with E-state index in [0.717, 1.165) is 27.1 Å². The quantitative estimate of drug-likeness (QED) is 0.511. The molecular weight excluding hydrogens is 440 g/mol. The smallest absolute Gasteiger partial charge is 0.203 e. The Hall–Kier alpha value is -2.81. The highest BCUT2D eigenvalue weighted by molar-refractivity contribution is 7.10. The zero-order valence-electron chi connectivity index (χ0n) is 17.8. The van der Waals surface area contributed by atoms with Gasteiger partial charge in [-0.05, 0) is 41.4 Å². The number of ether oxygens (including phenoxy) is 4. The first-order valence-corrected chi connectivity index (χ1v) is 9.97. The summed E-state index contributed by atoms with van der Waals surface area (Å²) >= 11 is 1.36. The number of aromatic nitrogens is 1. The topological polar surface area (TPSA) is 92.9 Å². The van der Waals surface area contributed by atoms with Gasteiger partial charge in [0.2, 0.25) is 5.75 Å². The number of nitrogens with zero attached hydrogens (tertiary/aromatic N) is 1. The monoisotopic (exact) mass is 464 g/mol. The predicted octanol–water partition coefficient (Wildman–Crippen LogP) is 4.00. The van der Waals surface area contributed by atoms with Crippen LogP contribution in [0, 0.1) is 0 Å². The molecule has 0 atom stereocenters. The number of benzene rings is 2. The second-order valence-electron chi connectivity index (χ2n) is 6.43. The highest BCUT2D eigenvalue weighted by Gasteiger charge is 2.19. The van der Waals surface area contributed by atoms with Crippen molar-refractivity contribution in [3.8, 4) is 44.6 Å². The molecule has 0 spiro atoms. The highest BCUT2D eigenvalue weighted by atomic mass is 35.5. The maximum absolute atomic E-state index is 11.9. The van der Waals surface area contributed by atoms with E-state index >= 15 is 0 Å². The first-order valence-electron chi connectivity index (χ1n) is 9.20. The number of carbonyl (C=O) groups excluding carboxylic acids is 1. The van der Waals surface area contributed by atoms with E-state index in [1.54, 1.807) is 34.6 Å². The van der Waals surface area contributed by atoms with E-state index in [0.29, 0.717) is 23.0 Å². The standard InChI is InChI=1S/C22H24N2O5S.ClH/c1-26-18-6-5-13(7-14(18)8-16(25)11-23)17-12-24-30-22(17)15-9-19(27-2)21(29-4)20(10-15)28-3;/h5-7,9-10,12H,8,11,23H2,1-4H3;1H. The molecule has 0 aliphatic heterocycles. The molecule has 0 radical (unpaired) electrons. The van der Waals surface area contributed by atoms with E-state index in [9.17, 15) is 4.79 Å². The van der Waals surface area contributed by atoms with E-state index in [4.69, 9.17) is 24.7 Å². The number of carbonyl (C=O) groups is 1. The van der Waals surface area contributed by atoms with Crippen molar-refractivity contribution in [3.63, 3.8) is 0 Å². The molecule has 0 bridgehead atoms. The van der Waals surface area contributed by atoms with Crippen LogP contribution in [0.5, 0.6) is 23.0 Å². The molecule has 2 aromatic carbocycles. The average Bonchev–Trinajstić information content (AvgIpc) is 3.27. The molecule has 0 saturated carbocycles. The van der Waals surface area contributed by atoms with E-state index in [1.807, 2.05) is 30.3 Å². The Morgan fingerprint density at radius 1 is 0.935 bits per heavy atom. The van der Waals surface area contributed by atoms with Gasteiger partial charge >= 0.3 is 0 Å². The van der Waals surface area contributed by atoms with Gasteiger partial charge in [-0.3, -0.25) is 4.79 Å². The number of methoxy groups -OCH3 is 4. The van der Waals surface area contributed by atoms with Crippen LogP contribution < -0.4 is 24.7 Å². The number of ketones is 1. The maximum atomic E-state index is 11.9. The summed E-state index contributed by atoms with van der Waals surface area (Å²) in [5.74, 6) is 2.25. The summed E-state index contributed by atoms with van der Waals surface area (Å²) in [4.78, 5) is 12.8. The van der Waals surface area contributed by atoms with Gasteiger partial charge in [-0.2, -0.15) is 4.37 Å². The first-order chi connectivity index (χ1) is 14.6. The molecule has 9 heteroatoms. The van der Waals surface area contributed by atoms with Crippen molar-refractivity contribution in [1.82, 2.24) is 4.37 Å². The lowest BCUT2D eigenvalue weighted by atomic mass is 9.98. The van der Waals surface area contributed by atoms with E-state index < -0.39 is 0 Å². The Morgan fingerprint density at radius 2 is 1.58 bits per heavy atom. The molecule has 3 rings (SSSR count). The summed E-state index contributed by atoms with van der Waals surface area (Å²) < 4.78 is 26.2. The van der Waals surface area contributed by atoms with Crippen molar-refractivity contribution < 1.29 is 23.7 Å². The molecule has 7 nitrogen and oxygen atoms in total. The van der Waals surface area contributed by atoms with Gasteiger partial charge in [0.05, 0.1) is 39.9 Å². The Kier molecular flexibility index (Phi) is 8.67. The SMILES string of the molecule is COc1ccc(-c2cnsc2-c2cc(OC)c(OC)c(OC)c2)cc1CC(=O)CN.Cl. The largest absolute Gasteiger partial charge is 0.496 e. The third kappa shape index (κ3) is 5.10. The zero-order chi connectivity index (χ0) is 21.7. The van der Waals surface area contributed by atoms with Gasteiger partial charge < -0.3 is 24.7 Å². The van der Waals surface area contributed by atoms with E-state index in [2.05, 4.69) is 4.37 Å². The van der Waals surface area contributed by atoms with Crippen LogP contribution in [0.2, 0.25) is 0 Å². The lowest BCUT2D eigenvalue weighted by Gasteiger charge is -2.14. The van der Waals surface area contributed by atoms with Crippen LogP contribution in [0.3, 0.4) is 0 Å². The molecule has 166 valence electrons. The van der Waals surface area contributed by atoms with Crippen molar-refractivity contribution >= 4 is 29.7 Å². The predicted molar refractivity (Wildman–Crippen MR) is 124 cm³/mol. The Labute approximate surface area is 191 Å². The van der Waals surface area contributed by atoms with Crippen molar-refractivity contribution in [2.24, 2.45) is 5.73 Å². The van der Waals surface area contributed by atoms with Crippen LogP contribution in [0.4, 0.5) is 0 Å². The van der Waals surface area contributed by atoms with Gasteiger partial charge in [0.15, 0.2) is 17.3 Å². The number of nitrogens with two attached hydrogens (primary N) is 1. The van der Waals surface area contributed by atoms with Crippen LogP contribution >= 0.6 is 23.9 Å². The van der Waals surface area contributed by atoms with Gasteiger partial charge in [0.1, 0.15) is 5.75 Å². The van der Waals surface area contributed by atoms with Gasteiger partial charge in [-0.25, -0.2) is 0 Å². The van der Waals surface area contributed by atoms with Crippen LogP contribution in [0.25, 0.3) is 21.6 Å². The highest BCUT2D eigenvalue weighted by Crippen LogP contribution is 2.44. The zero-order valence-corrected chi connectivity index (χ0v) is 19.4. The van der Waals surface area contributed by atoms with Gasteiger partial charge in [0, 0.05) is 29.3 Å². The normalized spacial score (nSPS) is 10.2. The van der Waals surface area contributed by atoms with Crippen LogP contribution in [-0.2, 0) is 11.2 Å². The second kappa shape index (κ2) is 11.0. The number of Topliss-reactive ketones (excluding diaryl/α,β-unsaturated/α-hetero) is 1. The van der Waals surface area contributed by atoms with Gasteiger partial charge in [-0.15, -0.1) is 12.4 Å². The molecule has 0 aliphatic carbocycles. The van der Waals surface area contributed by atoms with Gasteiger partial charge in [-0.1, -0.05) is 6.07 Å². The summed E-state index contributed by atoms with van der Waals surface area (Å²) in [5.41, 5.74) is 9.01. The Morgan fingerprint density at radius 3 is 2.13 bits per heavy atom. The summed E-state index contributed by atoms with van der Waals surface area (Å²) in [5, 5.41) is 0. The summed E-state index contributed by atoms with van der Waals surface area (Å²) in [6, 6.07) is 9.52. The molecule has 1 aromatic heterocycles. The first kappa shape index (κ1) is 24.5. The minimum absolute atomic E-state index is 0. The number of hydrogen-bond acceptors (Lipinski definition) is 8. The molecule has 0 saturated heterocycles. The van der Waals surface area contributed by atoms with E-state index in [-0.39, 0.29) is 31.2 Å². The number of rotatable bonds is 9.